The van der Waals surface area contributed by atoms with Gasteiger partial charge in [-0.1, -0.05) is 0 Å². The zero-order valence-electron chi connectivity index (χ0n) is 7.81. The summed E-state index contributed by atoms with van der Waals surface area (Å²) in [6, 6.07) is -0.345. The number of thioether (sulfide) groups is 1. The van der Waals surface area contributed by atoms with Crippen LogP contribution in [-0.4, -0.2) is 46.0 Å². The van der Waals surface area contributed by atoms with Gasteiger partial charge in [0.15, 0.2) is 5.78 Å². The molecule has 2 aliphatic heterocycles. The van der Waals surface area contributed by atoms with Crippen molar-refractivity contribution in [3.05, 3.63) is 0 Å². The van der Waals surface area contributed by atoms with Crippen molar-refractivity contribution >= 4 is 23.5 Å². The van der Waals surface area contributed by atoms with E-state index in [1.54, 1.807) is 11.8 Å². The van der Waals surface area contributed by atoms with Crippen LogP contribution in [0.4, 0.5) is 0 Å². The maximum atomic E-state index is 11.6. The summed E-state index contributed by atoms with van der Waals surface area (Å²) >= 11 is 1.61. The number of carboxylic acid groups (broad SMARTS) is 1. The number of hydrogen-bond donors (Lipinski definition) is 1. The van der Waals surface area contributed by atoms with Crippen LogP contribution >= 0.6 is 11.8 Å². The third kappa shape index (κ3) is 1.66. The third-order valence-corrected chi connectivity index (χ3v) is 3.95. The Bertz CT molecular complexity index is 267. The van der Waals surface area contributed by atoms with Crippen molar-refractivity contribution < 1.29 is 14.7 Å². The van der Waals surface area contributed by atoms with Gasteiger partial charge >= 0.3 is 5.97 Å². The Morgan fingerprint density at radius 1 is 1.57 bits per heavy atom. The van der Waals surface area contributed by atoms with E-state index in [1.807, 2.05) is 4.90 Å². The molecule has 0 radical (unpaired) electrons. The van der Waals surface area contributed by atoms with E-state index in [-0.39, 0.29) is 11.8 Å². The van der Waals surface area contributed by atoms with Gasteiger partial charge in [-0.2, -0.15) is 0 Å². The van der Waals surface area contributed by atoms with Crippen molar-refractivity contribution in [3.63, 3.8) is 0 Å². The molecular weight excluding hydrogens is 202 g/mol. The zero-order chi connectivity index (χ0) is 10.1. The van der Waals surface area contributed by atoms with Gasteiger partial charge in [0.2, 0.25) is 0 Å². The molecule has 2 rings (SSSR count). The summed E-state index contributed by atoms with van der Waals surface area (Å²) in [7, 11) is 0. The van der Waals surface area contributed by atoms with Crippen molar-refractivity contribution in [1.82, 2.24) is 4.90 Å². The van der Waals surface area contributed by atoms with Gasteiger partial charge in [-0.15, -0.1) is 11.8 Å². The third-order valence-electron chi connectivity index (χ3n) is 2.84. The topological polar surface area (TPSA) is 57.6 Å². The number of carboxylic acids is 1. The first-order valence-corrected chi connectivity index (χ1v) is 5.93. The van der Waals surface area contributed by atoms with Crippen molar-refractivity contribution in [1.29, 1.82) is 0 Å². The first-order valence-electron chi connectivity index (χ1n) is 4.77. The van der Waals surface area contributed by atoms with E-state index in [0.717, 1.165) is 18.8 Å². The van der Waals surface area contributed by atoms with Crippen LogP contribution in [0.2, 0.25) is 0 Å². The fourth-order valence-corrected chi connectivity index (χ4v) is 3.37. The molecule has 2 fully saturated rings. The van der Waals surface area contributed by atoms with Crippen LogP contribution < -0.4 is 0 Å². The Balaban J connectivity index is 2.18. The Labute approximate surface area is 86.6 Å². The van der Waals surface area contributed by atoms with Crippen LogP contribution in [0.25, 0.3) is 0 Å². The lowest BCUT2D eigenvalue weighted by Crippen LogP contribution is -2.55. The maximum absolute atomic E-state index is 11.6. The first-order chi connectivity index (χ1) is 6.70. The Morgan fingerprint density at radius 3 is 3.07 bits per heavy atom. The minimum Gasteiger partial charge on any atom is -0.481 e. The molecule has 0 amide bonds. The van der Waals surface area contributed by atoms with Crippen molar-refractivity contribution in [2.24, 2.45) is 5.92 Å². The van der Waals surface area contributed by atoms with Gasteiger partial charge < -0.3 is 5.11 Å². The van der Waals surface area contributed by atoms with E-state index in [2.05, 4.69) is 0 Å². The van der Waals surface area contributed by atoms with Gasteiger partial charge in [0.25, 0.3) is 0 Å². The van der Waals surface area contributed by atoms with Gasteiger partial charge in [0, 0.05) is 24.6 Å². The molecule has 4 nitrogen and oxygen atoms in total. The highest BCUT2D eigenvalue weighted by Gasteiger charge is 2.42. The number of carbonyl (C=O) groups is 2. The second-order valence-corrected chi connectivity index (χ2v) is 4.77. The van der Waals surface area contributed by atoms with E-state index >= 15 is 0 Å². The number of rotatable bonds is 1. The zero-order valence-corrected chi connectivity index (χ0v) is 8.63. The molecule has 0 spiro atoms. The average molecular weight is 215 g/mol. The smallest absolute Gasteiger partial charge is 0.309 e. The van der Waals surface area contributed by atoms with Crippen molar-refractivity contribution in [3.8, 4) is 0 Å². The van der Waals surface area contributed by atoms with Crippen molar-refractivity contribution in [2.75, 3.05) is 18.2 Å². The van der Waals surface area contributed by atoms with Crippen LogP contribution in [0.15, 0.2) is 0 Å². The number of piperidine rings is 1. The lowest BCUT2D eigenvalue weighted by molar-refractivity contribution is -0.148. The summed E-state index contributed by atoms with van der Waals surface area (Å²) in [5, 5.41) is 9.00. The van der Waals surface area contributed by atoms with E-state index in [4.69, 9.17) is 5.11 Å². The average Bonchev–Trinajstić information content (AvgIpc) is 2.17. The largest absolute Gasteiger partial charge is 0.481 e. The predicted molar refractivity (Wildman–Crippen MR) is 53.2 cm³/mol. The van der Waals surface area contributed by atoms with E-state index in [1.165, 1.54) is 0 Å². The highest BCUT2D eigenvalue weighted by Crippen LogP contribution is 2.30. The molecule has 2 saturated heterocycles. The molecule has 0 aromatic carbocycles. The van der Waals surface area contributed by atoms with Crippen LogP contribution in [0.1, 0.15) is 12.8 Å². The molecule has 0 aliphatic carbocycles. The van der Waals surface area contributed by atoms with E-state index < -0.39 is 11.9 Å². The fourth-order valence-electron chi connectivity index (χ4n) is 2.17. The summed E-state index contributed by atoms with van der Waals surface area (Å²) in [6.07, 6.45) is 1.43. The number of fused-ring (bicyclic) bond motifs is 1. The number of hydrogen-bond acceptors (Lipinski definition) is 4. The second kappa shape index (κ2) is 3.90. The van der Waals surface area contributed by atoms with Gasteiger partial charge in [0.05, 0.1) is 12.0 Å². The molecule has 5 heteroatoms. The van der Waals surface area contributed by atoms with Crippen LogP contribution in [0.5, 0.6) is 0 Å². The van der Waals surface area contributed by atoms with Crippen LogP contribution in [0.3, 0.4) is 0 Å². The molecule has 2 atom stereocenters. The highest BCUT2D eigenvalue weighted by atomic mass is 32.2. The SMILES string of the molecule is O=C(O)C1CSCN2CCCC(=O)C12. The number of ketones is 1. The number of Topliss-reactive ketones (excluding diaryl/α,β-unsaturated/α-hetero) is 1. The van der Waals surface area contributed by atoms with Gasteiger partial charge in [-0.25, -0.2) is 0 Å². The Hall–Kier alpha value is -0.550. The molecule has 2 unspecified atom stereocenters. The predicted octanol–water partition coefficient (Wildman–Crippen LogP) is 0.425. The van der Waals surface area contributed by atoms with E-state index in [9.17, 15) is 9.59 Å². The maximum Gasteiger partial charge on any atom is 0.309 e. The fraction of sp³-hybridized carbons (Fsp3) is 0.778. The standard InChI is InChI=1S/C9H13NO3S/c11-7-2-1-3-10-5-14-4-6(8(7)10)9(12)13/h6,8H,1-5H2,(H,12,13). The molecule has 78 valence electrons. The minimum absolute atomic E-state index is 0.115. The molecule has 1 N–H and O–H groups in total. The second-order valence-electron chi connectivity index (χ2n) is 3.77. The monoisotopic (exact) mass is 215 g/mol. The summed E-state index contributed by atoms with van der Waals surface area (Å²) in [5.41, 5.74) is 0. The van der Waals surface area contributed by atoms with Crippen LogP contribution in [0, 0.1) is 5.92 Å². The summed E-state index contributed by atoms with van der Waals surface area (Å²) < 4.78 is 0. The quantitative estimate of drug-likeness (QED) is 0.687. The minimum atomic E-state index is -0.831. The summed E-state index contributed by atoms with van der Waals surface area (Å²) in [4.78, 5) is 24.6. The van der Waals surface area contributed by atoms with Gasteiger partial charge in [-0.3, -0.25) is 14.5 Å². The normalized spacial score (nSPS) is 33.9. The molecule has 0 aromatic rings. The number of nitrogens with zero attached hydrogens (tertiary/aromatic N) is 1. The van der Waals surface area contributed by atoms with E-state index in [0.29, 0.717) is 12.2 Å². The van der Waals surface area contributed by atoms with Crippen LogP contribution in [-0.2, 0) is 9.59 Å². The summed E-state index contributed by atoms with van der Waals surface area (Å²) in [5.74, 6) is 0.163. The molecule has 14 heavy (non-hydrogen) atoms. The molecule has 2 aliphatic rings. The molecule has 2 heterocycles. The van der Waals surface area contributed by atoms with Gasteiger partial charge in [0.1, 0.15) is 0 Å². The Morgan fingerprint density at radius 2 is 2.36 bits per heavy atom. The van der Waals surface area contributed by atoms with Gasteiger partial charge in [-0.05, 0) is 6.42 Å². The lowest BCUT2D eigenvalue weighted by Gasteiger charge is -2.40. The number of aliphatic carboxylic acids is 1. The first kappa shape index (κ1) is 9.98. The van der Waals surface area contributed by atoms with Crippen molar-refractivity contribution in [2.45, 2.75) is 18.9 Å². The summed E-state index contributed by atoms with van der Waals surface area (Å²) in [6.45, 7) is 0.868. The molecule has 0 bridgehead atoms. The molecular formula is C9H13NO3S. The lowest BCUT2D eigenvalue weighted by atomic mass is 9.90. The number of carbonyl (C=O) groups excluding carboxylic acids is 1. The highest BCUT2D eigenvalue weighted by molar-refractivity contribution is 7.99. The molecule has 0 aromatic heterocycles. The Kier molecular flexibility index (Phi) is 2.78. The molecule has 0 saturated carbocycles.